The molecule has 1 heterocycles. The summed E-state index contributed by atoms with van der Waals surface area (Å²) in [6.07, 6.45) is 1.72. The lowest BCUT2D eigenvalue weighted by Crippen LogP contribution is -2.35. The second-order valence-corrected chi connectivity index (χ2v) is 4.18. The van der Waals surface area contributed by atoms with Crippen molar-refractivity contribution in [2.75, 3.05) is 31.3 Å². The second kappa shape index (κ2) is 7.97. The van der Waals surface area contributed by atoms with E-state index >= 15 is 0 Å². The average molecular weight is 254 g/mol. The van der Waals surface area contributed by atoms with E-state index in [-0.39, 0.29) is 12.6 Å². The summed E-state index contributed by atoms with van der Waals surface area (Å²) in [5, 5.41) is 8.65. The molecule has 0 atom stereocenters. The van der Waals surface area contributed by atoms with Gasteiger partial charge >= 0.3 is 0 Å². The summed E-state index contributed by atoms with van der Waals surface area (Å²) in [4.78, 5) is 10.7. The van der Waals surface area contributed by atoms with E-state index in [0.717, 1.165) is 5.69 Å². The van der Waals surface area contributed by atoms with E-state index in [1.807, 2.05) is 6.07 Å². The lowest BCUT2D eigenvalue weighted by Gasteiger charge is -2.26. The van der Waals surface area contributed by atoms with Crippen LogP contribution in [0.3, 0.4) is 0 Å². The standard InChI is InChI=1S/C12H22N4O2/c1-10(2)16(5-7-18-8-6-17)12-14-4-3-11(9-13)15-12/h3-4,10,17H,5-9,13H2,1-2H3. The Morgan fingerprint density at radius 3 is 2.83 bits per heavy atom. The van der Waals surface area contributed by atoms with Crippen LogP contribution in [-0.4, -0.2) is 47.5 Å². The number of hydrogen-bond acceptors (Lipinski definition) is 6. The summed E-state index contributed by atoms with van der Waals surface area (Å²) in [5.41, 5.74) is 6.39. The summed E-state index contributed by atoms with van der Waals surface area (Å²) in [6.45, 7) is 6.18. The molecule has 0 fully saturated rings. The van der Waals surface area contributed by atoms with Crippen LogP contribution in [0.15, 0.2) is 12.3 Å². The van der Waals surface area contributed by atoms with Crippen LogP contribution in [0.1, 0.15) is 19.5 Å². The number of hydrogen-bond donors (Lipinski definition) is 2. The van der Waals surface area contributed by atoms with E-state index in [2.05, 4.69) is 28.7 Å². The van der Waals surface area contributed by atoms with Crippen molar-refractivity contribution in [2.45, 2.75) is 26.4 Å². The van der Waals surface area contributed by atoms with Crippen molar-refractivity contribution in [3.63, 3.8) is 0 Å². The van der Waals surface area contributed by atoms with Crippen molar-refractivity contribution >= 4 is 5.95 Å². The number of anilines is 1. The highest BCUT2D eigenvalue weighted by molar-refractivity contribution is 5.31. The first-order valence-corrected chi connectivity index (χ1v) is 6.16. The fourth-order valence-electron chi connectivity index (χ4n) is 1.56. The maximum absolute atomic E-state index is 8.65. The van der Waals surface area contributed by atoms with E-state index < -0.39 is 0 Å². The van der Waals surface area contributed by atoms with Crippen LogP contribution in [0, 0.1) is 0 Å². The van der Waals surface area contributed by atoms with Gasteiger partial charge in [-0.15, -0.1) is 0 Å². The molecule has 6 nitrogen and oxygen atoms in total. The smallest absolute Gasteiger partial charge is 0.225 e. The van der Waals surface area contributed by atoms with Gasteiger partial charge in [0.1, 0.15) is 0 Å². The molecule has 6 heteroatoms. The number of ether oxygens (including phenoxy) is 1. The Morgan fingerprint density at radius 1 is 1.44 bits per heavy atom. The summed E-state index contributed by atoms with van der Waals surface area (Å²) < 4.78 is 5.27. The molecule has 1 aromatic rings. The van der Waals surface area contributed by atoms with E-state index in [1.54, 1.807) is 6.20 Å². The van der Waals surface area contributed by atoms with Crippen molar-refractivity contribution < 1.29 is 9.84 Å². The van der Waals surface area contributed by atoms with Gasteiger partial charge in [0.25, 0.3) is 0 Å². The minimum absolute atomic E-state index is 0.0425. The summed E-state index contributed by atoms with van der Waals surface area (Å²) in [6, 6.07) is 2.08. The molecule has 1 aromatic heterocycles. The highest BCUT2D eigenvalue weighted by Crippen LogP contribution is 2.11. The molecule has 0 amide bonds. The van der Waals surface area contributed by atoms with Crippen molar-refractivity contribution in [3.05, 3.63) is 18.0 Å². The normalized spacial score (nSPS) is 10.9. The highest BCUT2D eigenvalue weighted by Gasteiger charge is 2.13. The van der Waals surface area contributed by atoms with Crippen LogP contribution in [0.25, 0.3) is 0 Å². The first-order chi connectivity index (χ1) is 8.69. The second-order valence-electron chi connectivity index (χ2n) is 4.18. The number of aromatic nitrogens is 2. The Labute approximate surface area is 108 Å². The largest absolute Gasteiger partial charge is 0.394 e. The Morgan fingerprint density at radius 2 is 2.22 bits per heavy atom. The third-order valence-electron chi connectivity index (χ3n) is 2.50. The molecule has 0 unspecified atom stereocenters. The van der Waals surface area contributed by atoms with Gasteiger partial charge in [-0.1, -0.05) is 0 Å². The molecular weight excluding hydrogens is 232 g/mol. The summed E-state index contributed by atoms with van der Waals surface area (Å²) in [5.74, 6) is 0.667. The van der Waals surface area contributed by atoms with Crippen molar-refractivity contribution in [3.8, 4) is 0 Å². The Hall–Kier alpha value is -1.24. The van der Waals surface area contributed by atoms with E-state index in [4.69, 9.17) is 15.6 Å². The highest BCUT2D eigenvalue weighted by atomic mass is 16.5. The molecule has 0 aromatic carbocycles. The molecule has 0 saturated carbocycles. The lowest BCUT2D eigenvalue weighted by molar-refractivity contribution is 0.0960. The Bertz CT molecular complexity index is 347. The van der Waals surface area contributed by atoms with Gasteiger partial charge in [0, 0.05) is 25.3 Å². The maximum atomic E-state index is 8.65. The Kier molecular flexibility index (Phi) is 6.56. The number of aliphatic hydroxyl groups excluding tert-OH is 1. The molecule has 102 valence electrons. The van der Waals surface area contributed by atoms with Gasteiger partial charge in [0.2, 0.25) is 5.95 Å². The fraction of sp³-hybridized carbons (Fsp3) is 0.667. The van der Waals surface area contributed by atoms with E-state index in [1.165, 1.54) is 0 Å². The van der Waals surface area contributed by atoms with E-state index in [0.29, 0.717) is 32.3 Å². The Balaban J connectivity index is 2.65. The molecule has 3 N–H and O–H groups in total. The molecule has 0 spiro atoms. The predicted molar refractivity (Wildman–Crippen MR) is 70.3 cm³/mol. The van der Waals surface area contributed by atoms with Crippen molar-refractivity contribution in [2.24, 2.45) is 5.73 Å². The lowest BCUT2D eigenvalue weighted by atomic mass is 10.3. The number of rotatable bonds is 8. The van der Waals surface area contributed by atoms with Gasteiger partial charge < -0.3 is 20.5 Å². The van der Waals surface area contributed by atoms with Crippen LogP contribution in [0.4, 0.5) is 5.95 Å². The van der Waals surface area contributed by atoms with Crippen molar-refractivity contribution in [1.82, 2.24) is 9.97 Å². The quantitative estimate of drug-likeness (QED) is 0.643. The number of aliphatic hydroxyl groups is 1. The van der Waals surface area contributed by atoms with Gasteiger partial charge in [-0.3, -0.25) is 0 Å². The molecule has 0 radical (unpaired) electrons. The average Bonchev–Trinajstić information content (AvgIpc) is 2.38. The SMILES string of the molecule is CC(C)N(CCOCCO)c1nccc(CN)n1. The zero-order valence-electron chi connectivity index (χ0n) is 11.0. The zero-order chi connectivity index (χ0) is 13.4. The van der Waals surface area contributed by atoms with Crippen LogP contribution < -0.4 is 10.6 Å². The van der Waals surface area contributed by atoms with Crippen LogP contribution >= 0.6 is 0 Å². The molecular formula is C12H22N4O2. The topological polar surface area (TPSA) is 84.5 Å². The molecule has 0 saturated heterocycles. The van der Waals surface area contributed by atoms with Crippen LogP contribution in [0.5, 0.6) is 0 Å². The molecule has 18 heavy (non-hydrogen) atoms. The molecule has 0 aliphatic rings. The number of nitrogens with zero attached hydrogens (tertiary/aromatic N) is 3. The summed E-state index contributed by atoms with van der Waals surface area (Å²) >= 11 is 0. The van der Waals surface area contributed by atoms with E-state index in [9.17, 15) is 0 Å². The van der Waals surface area contributed by atoms with Gasteiger partial charge in [0.05, 0.1) is 25.5 Å². The minimum atomic E-state index is 0.0425. The third-order valence-corrected chi connectivity index (χ3v) is 2.50. The van der Waals surface area contributed by atoms with Crippen molar-refractivity contribution in [1.29, 1.82) is 0 Å². The monoisotopic (exact) mass is 254 g/mol. The van der Waals surface area contributed by atoms with Gasteiger partial charge in [-0.2, -0.15) is 0 Å². The fourth-order valence-corrected chi connectivity index (χ4v) is 1.56. The van der Waals surface area contributed by atoms with Gasteiger partial charge in [-0.05, 0) is 19.9 Å². The third kappa shape index (κ3) is 4.56. The number of nitrogens with two attached hydrogens (primary N) is 1. The predicted octanol–water partition coefficient (Wildman–Crippen LogP) is 0.159. The molecule has 0 aliphatic heterocycles. The van der Waals surface area contributed by atoms with Crippen LogP contribution in [0.2, 0.25) is 0 Å². The molecule has 1 rings (SSSR count). The first-order valence-electron chi connectivity index (χ1n) is 6.16. The minimum Gasteiger partial charge on any atom is -0.394 e. The zero-order valence-corrected chi connectivity index (χ0v) is 11.0. The maximum Gasteiger partial charge on any atom is 0.225 e. The summed E-state index contributed by atoms with van der Waals surface area (Å²) in [7, 11) is 0. The van der Waals surface area contributed by atoms with Crippen LogP contribution in [-0.2, 0) is 11.3 Å². The first kappa shape index (κ1) is 14.8. The molecule has 0 aliphatic carbocycles. The molecule has 0 bridgehead atoms. The van der Waals surface area contributed by atoms with Gasteiger partial charge in [0.15, 0.2) is 0 Å². The van der Waals surface area contributed by atoms with Gasteiger partial charge in [-0.25, -0.2) is 9.97 Å².